The van der Waals surface area contributed by atoms with E-state index in [1.807, 2.05) is 24.4 Å². The Morgan fingerprint density at radius 2 is 2.18 bits per heavy atom. The standard InChI is InChI=1S/C15H16N4O2S/c1-15(7-13(21)19(2)14(16)18-15)11-6-9(8-22-11)10-4-3-5-12(20)17-10/h3-6,8H,7H2,1-2H3,(H2,16,18)(H,17,20)/t15-/m0/s1. The number of aromatic nitrogens is 1. The fraction of sp³-hybridized carbons (Fsp3) is 0.267. The molecule has 3 heterocycles. The van der Waals surface area contributed by atoms with Gasteiger partial charge in [-0.3, -0.25) is 14.5 Å². The summed E-state index contributed by atoms with van der Waals surface area (Å²) in [5, 5.41) is 1.94. The van der Waals surface area contributed by atoms with Crippen molar-refractivity contribution in [2.24, 2.45) is 10.7 Å². The molecule has 0 radical (unpaired) electrons. The van der Waals surface area contributed by atoms with E-state index in [0.717, 1.165) is 16.1 Å². The van der Waals surface area contributed by atoms with Crippen molar-refractivity contribution in [2.75, 3.05) is 7.05 Å². The van der Waals surface area contributed by atoms with Gasteiger partial charge in [0.2, 0.25) is 11.5 Å². The van der Waals surface area contributed by atoms with E-state index < -0.39 is 5.54 Å². The predicted molar refractivity (Wildman–Crippen MR) is 86.7 cm³/mol. The Balaban J connectivity index is 2.00. The molecule has 1 aliphatic heterocycles. The summed E-state index contributed by atoms with van der Waals surface area (Å²) in [7, 11) is 1.62. The average Bonchev–Trinajstić information content (AvgIpc) is 2.95. The van der Waals surface area contributed by atoms with Gasteiger partial charge in [-0.1, -0.05) is 6.07 Å². The summed E-state index contributed by atoms with van der Waals surface area (Å²) >= 11 is 1.51. The molecule has 2 aromatic rings. The number of nitrogens with one attached hydrogen (secondary N) is 1. The maximum Gasteiger partial charge on any atom is 0.248 e. The number of hydrogen-bond donors (Lipinski definition) is 2. The highest BCUT2D eigenvalue weighted by Gasteiger charge is 2.37. The number of thiophene rings is 1. The Labute approximate surface area is 131 Å². The number of nitrogens with two attached hydrogens (primary N) is 1. The van der Waals surface area contributed by atoms with Crippen LogP contribution in [0.2, 0.25) is 0 Å². The lowest BCUT2D eigenvalue weighted by Crippen LogP contribution is -2.47. The number of aliphatic imine (C=N–C) groups is 1. The highest BCUT2D eigenvalue weighted by Crippen LogP contribution is 2.38. The van der Waals surface area contributed by atoms with Crippen molar-refractivity contribution in [2.45, 2.75) is 18.9 Å². The summed E-state index contributed by atoms with van der Waals surface area (Å²) in [5.41, 5.74) is 6.67. The van der Waals surface area contributed by atoms with Crippen LogP contribution >= 0.6 is 11.3 Å². The molecule has 6 nitrogen and oxygen atoms in total. The normalized spacial score (nSPS) is 21.8. The Hall–Kier alpha value is -2.41. The first kappa shape index (κ1) is 14.5. The van der Waals surface area contributed by atoms with Crippen LogP contribution in [0.3, 0.4) is 0 Å². The lowest BCUT2D eigenvalue weighted by atomic mass is 9.93. The summed E-state index contributed by atoms with van der Waals surface area (Å²) in [5.74, 6) is 0.167. The molecule has 1 amide bonds. The van der Waals surface area contributed by atoms with Crippen LogP contribution in [0.15, 0.2) is 39.4 Å². The highest BCUT2D eigenvalue weighted by molar-refractivity contribution is 7.10. The van der Waals surface area contributed by atoms with E-state index in [1.165, 1.54) is 22.3 Å². The number of carbonyl (C=O) groups excluding carboxylic acids is 1. The van der Waals surface area contributed by atoms with Crippen LogP contribution in [0.5, 0.6) is 0 Å². The minimum absolute atomic E-state index is 0.0573. The SMILES string of the molecule is CN1C(=O)C[C@@](C)(c2cc(-c3cccc(=O)[nH]3)cs2)N=C1N. The van der Waals surface area contributed by atoms with Crippen LogP contribution in [0.25, 0.3) is 11.3 Å². The van der Waals surface area contributed by atoms with Crippen LogP contribution in [0, 0.1) is 0 Å². The van der Waals surface area contributed by atoms with Crippen LogP contribution in [-0.2, 0) is 10.3 Å². The van der Waals surface area contributed by atoms with Gasteiger partial charge in [0, 0.05) is 34.6 Å². The summed E-state index contributed by atoms with van der Waals surface area (Å²) in [6, 6.07) is 6.97. The summed E-state index contributed by atoms with van der Waals surface area (Å²) in [6.45, 7) is 1.90. The van der Waals surface area contributed by atoms with Gasteiger partial charge in [-0.2, -0.15) is 0 Å². The molecule has 7 heteroatoms. The minimum atomic E-state index is -0.661. The van der Waals surface area contributed by atoms with E-state index in [1.54, 1.807) is 13.1 Å². The molecule has 0 unspecified atom stereocenters. The molecule has 1 atom stereocenters. The monoisotopic (exact) mass is 316 g/mol. The lowest BCUT2D eigenvalue weighted by Gasteiger charge is -2.32. The third kappa shape index (κ3) is 2.43. The second-order valence-electron chi connectivity index (χ2n) is 5.50. The smallest absolute Gasteiger partial charge is 0.248 e. The average molecular weight is 316 g/mol. The van der Waals surface area contributed by atoms with Gasteiger partial charge < -0.3 is 10.7 Å². The third-order valence-electron chi connectivity index (χ3n) is 3.78. The molecule has 0 aromatic carbocycles. The topological polar surface area (TPSA) is 91.5 Å². The molecule has 0 spiro atoms. The number of H-pyrrole nitrogens is 1. The van der Waals surface area contributed by atoms with Crippen LogP contribution in [0.4, 0.5) is 0 Å². The van der Waals surface area contributed by atoms with Gasteiger partial charge >= 0.3 is 0 Å². The summed E-state index contributed by atoms with van der Waals surface area (Å²) < 4.78 is 0. The zero-order chi connectivity index (χ0) is 15.9. The quantitative estimate of drug-likeness (QED) is 0.879. The number of guanidine groups is 1. The van der Waals surface area contributed by atoms with Crippen molar-refractivity contribution in [1.82, 2.24) is 9.88 Å². The van der Waals surface area contributed by atoms with Gasteiger partial charge in [-0.15, -0.1) is 11.3 Å². The van der Waals surface area contributed by atoms with Gasteiger partial charge in [0.25, 0.3) is 0 Å². The number of aromatic amines is 1. The van der Waals surface area contributed by atoms with E-state index in [9.17, 15) is 9.59 Å². The molecule has 22 heavy (non-hydrogen) atoms. The summed E-state index contributed by atoms with van der Waals surface area (Å²) in [4.78, 5) is 33.0. The van der Waals surface area contributed by atoms with Crippen LogP contribution in [0.1, 0.15) is 18.2 Å². The number of pyridine rings is 1. The highest BCUT2D eigenvalue weighted by atomic mass is 32.1. The molecule has 0 fully saturated rings. The van der Waals surface area contributed by atoms with Crippen molar-refractivity contribution >= 4 is 23.2 Å². The van der Waals surface area contributed by atoms with Gasteiger partial charge in [0.1, 0.15) is 5.54 Å². The first-order valence-corrected chi connectivity index (χ1v) is 7.68. The fourth-order valence-electron chi connectivity index (χ4n) is 2.43. The first-order valence-electron chi connectivity index (χ1n) is 6.80. The lowest BCUT2D eigenvalue weighted by molar-refractivity contribution is -0.128. The molecule has 0 bridgehead atoms. The zero-order valence-electron chi connectivity index (χ0n) is 12.3. The third-order valence-corrected chi connectivity index (χ3v) is 4.97. The van der Waals surface area contributed by atoms with Gasteiger partial charge in [-0.05, 0) is 19.1 Å². The van der Waals surface area contributed by atoms with Gasteiger partial charge in [0.15, 0.2) is 5.96 Å². The number of amides is 1. The maximum absolute atomic E-state index is 12.0. The molecule has 1 aliphatic rings. The Morgan fingerprint density at radius 1 is 1.41 bits per heavy atom. The predicted octanol–water partition coefficient (Wildman–Crippen LogP) is 1.50. The molecular formula is C15H16N4O2S. The van der Waals surface area contributed by atoms with Gasteiger partial charge in [-0.25, -0.2) is 4.99 Å². The van der Waals surface area contributed by atoms with Crippen molar-refractivity contribution in [3.05, 3.63) is 44.9 Å². The molecule has 0 aliphatic carbocycles. The zero-order valence-corrected chi connectivity index (χ0v) is 13.1. The second kappa shape index (κ2) is 5.10. The van der Waals surface area contributed by atoms with E-state index in [2.05, 4.69) is 9.98 Å². The number of rotatable bonds is 2. The van der Waals surface area contributed by atoms with E-state index in [0.29, 0.717) is 0 Å². The molecule has 0 saturated carbocycles. The molecule has 0 saturated heterocycles. The van der Waals surface area contributed by atoms with E-state index in [4.69, 9.17) is 5.73 Å². The van der Waals surface area contributed by atoms with Gasteiger partial charge in [0.05, 0.1) is 6.42 Å². The minimum Gasteiger partial charge on any atom is -0.369 e. The molecule has 3 N–H and O–H groups in total. The second-order valence-corrected chi connectivity index (χ2v) is 6.41. The van der Waals surface area contributed by atoms with Crippen LogP contribution < -0.4 is 11.3 Å². The summed E-state index contributed by atoms with van der Waals surface area (Å²) in [6.07, 6.45) is 0.273. The molecular weight excluding hydrogens is 300 g/mol. The molecule has 2 aromatic heterocycles. The Morgan fingerprint density at radius 3 is 2.86 bits per heavy atom. The molecule has 3 rings (SSSR count). The number of hydrogen-bond acceptors (Lipinski definition) is 5. The van der Waals surface area contributed by atoms with Crippen molar-refractivity contribution in [3.8, 4) is 11.3 Å². The van der Waals surface area contributed by atoms with Crippen molar-refractivity contribution in [3.63, 3.8) is 0 Å². The Kier molecular flexibility index (Phi) is 3.37. The number of carbonyl (C=O) groups is 1. The number of nitrogens with zero attached hydrogens (tertiary/aromatic N) is 2. The van der Waals surface area contributed by atoms with Crippen LogP contribution in [-0.4, -0.2) is 28.8 Å². The fourth-order valence-corrected chi connectivity index (χ4v) is 3.44. The largest absolute Gasteiger partial charge is 0.369 e. The van der Waals surface area contributed by atoms with E-state index in [-0.39, 0.29) is 23.8 Å². The Bertz CT molecular complexity index is 823. The first-order chi connectivity index (χ1) is 10.4. The van der Waals surface area contributed by atoms with E-state index >= 15 is 0 Å². The maximum atomic E-state index is 12.0. The molecule has 114 valence electrons. The van der Waals surface area contributed by atoms with Crippen molar-refractivity contribution in [1.29, 1.82) is 0 Å². The van der Waals surface area contributed by atoms with Crippen molar-refractivity contribution < 1.29 is 4.79 Å².